The Morgan fingerprint density at radius 1 is 1.15 bits per heavy atom. The highest BCUT2D eigenvalue weighted by atomic mass is 16.3. The summed E-state index contributed by atoms with van der Waals surface area (Å²) in [4.78, 5) is 8.25. The van der Waals surface area contributed by atoms with E-state index in [1.165, 1.54) is 38.5 Å². The number of carboxylic acid groups (broad SMARTS) is 1. The number of aromatic nitrogens is 2. The summed E-state index contributed by atoms with van der Waals surface area (Å²) in [5.41, 5.74) is 0.201. The van der Waals surface area contributed by atoms with Crippen molar-refractivity contribution in [3.05, 3.63) is 18.7 Å². The number of carbonyl (C=O) groups is 1. The fourth-order valence-corrected chi connectivity index (χ4v) is 2.00. The zero-order chi connectivity index (χ0) is 15.4. The Morgan fingerprint density at radius 3 is 2.20 bits per heavy atom. The predicted molar refractivity (Wildman–Crippen MR) is 79.1 cm³/mol. The summed E-state index contributed by atoms with van der Waals surface area (Å²) in [6.07, 6.45) is 14.8. The second-order valence-corrected chi connectivity index (χ2v) is 6.09. The summed E-state index contributed by atoms with van der Waals surface area (Å²) < 4.78 is 4.59. The Hall–Kier alpha value is -1.32. The molecule has 0 N–H and O–H groups in total. The molecular formula is C16H30N2O2. The van der Waals surface area contributed by atoms with Crippen LogP contribution < -0.4 is 9.67 Å². The maximum absolute atomic E-state index is 8.25. The molecule has 0 aromatic carbocycles. The van der Waals surface area contributed by atoms with Crippen molar-refractivity contribution in [1.29, 1.82) is 0 Å². The van der Waals surface area contributed by atoms with Crippen molar-refractivity contribution in [2.45, 2.75) is 78.3 Å². The molecule has 0 saturated heterocycles. The number of carbonyl (C=O) groups excluding carboxylic acids is 1. The lowest BCUT2D eigenvalue weighted by atomic mass is 10.1. The molecule has 1 heterocycles. The Balaban J connectivity index is 0.00000110. The Morgan fingerprint density at radius 2 is 1.70 bits per heavy atom. The number of nitrogens with zero attached hydrogens (tertiary/aromatic N) is 2. The van der Waals surface area contributed by atoms with Gasteiger partial charge in [0, 0.05) is 6.47 Å². The minimum absolute atomic E-state index is 0.201. The van der Waals surface area contributed by atoms with E-state index in [9.17, 15) is 0 Å². The van der Waals surface area contributed by atoms with E-state index in [1.54, 1.807) is 0 Å². The third kappa shape index (κ3) is 8.73. The molecule has 116 valence electrons. The molecule has 1 rings (SSSR count). The zero-order valence-corrected chi connectivity index (χ0v) is 13.5. The van der Waals surface area contributed by atoms with Crippen LogP contribution in [0.3, 0.4) is 0 Å². The molecule has 4 nitrogen and oxygen atoms in total. The van der Waals surface area contributed by atoms with Crippen molar-refractivity contribution in [2.24, 2.45) is 0 Å². The highest BCUT2D eigenvalue weighted by Crippen LogP contribution is 2.07. The normalized spacial score (nSPS) is 10.8. The van der Waals surface area contributed by atoms with Gasteiger partial charge in [0.15, 0.2) is 0 Å². The van der Waals surface area contributed by atoms with Crippen molar-refractivity contribution < 1.29 is 14.5 Å². The SMILES string of the molecule is CCCCCCCCn1cc[n+](C(C)(C)C)c1.O=C[O-]. The van der Waals surface area contributed by atoms with Gasteiger partial charge < -0.3 is 9.90 Å². The summed E-state index contributed by atoms with van der Waals surface area (Å²) in [6, 6.07) is 0. The largest absolute Gasteiger partial charge is 0.554 e. The lowest BCUT2D eigenvalue weighted by molar-refractivity contribution is -0.753. The van der Waals surface area contributed by atoms with E-state index in [0.717, 1.165) is 6.54 Å². The molecule has 0 saturated carbocycles. The van der Waals surface area contributed by atoms with Crippen LogP contribution in [0.2, 0.25) is 0 Å². The van der Waals surface area contributed by atoms with E-state index in [0.29, 0.717) is 0 Å². The number of aryl methyl sites for hydroxylation is 1. The van der Waals surface area contributed by atoms with Crippen LogP contribution in [0.1, 0.15) is 66.2 Å². The molecule has 4 heteroatoms. The van der Waals surface area contributed by atoms with Gasteiger partial charge in [-0.25, -0.2) is 9.13 Å². The third-order valence-electron chi connectivity index (χ3n) is 3.24. The molecule has 0 bridgehead atoms. The third-order valence-corrected chi connectivity index (χ3v) is 3.24. The number of hydrogen-bond acceptors (Lipinski definition) is 2. The van der Waals surface area contributed by atoms with E-state index in [2.05, 4.69) is 55.6 Å². The zero-order valence-electron chi connectivity index (χ0n) is 13.5. The summed E-state index contributed by atoms with van der Waals surface area (Å²) in [7, 11) is 0. The number of imidazole rings is 1. The fourth-order valence-electron chi connectivity index (χ4n) is 2.00. The van der Waals surface area contributed by atoms with Crippen molar-refractivity contribution in [3.63, 3.8) is 0 Å². The van der Waals surface area contributed by atoms with Crippen LogP contribution in [-0.2, 0) is 16.9 Å². The lowest BCUT2D eigenvalue weighted by Crippen LogP contribution is -2.48. The first-order valence-electron chi connectivity index (χ1n) is 7.58. The summed E-state index contributed by atoms with van der Waals surface area (Å²) >= 11 is 0. The minimum atomic E-state index is -0.500. The van der Waals surface area contributed by atoms with Crippen molar-refractivity contribution in [1.82, 2.24) is 4.57 Å². The fraction of sp³-hybridized carbons (Fsp3) is 0.750. The van der Waals surface area contributed by atoms with Crippen molar-refractivity contribution >= 4 is 6.47 Å². The van der Waals surface area contributed by atoms with E-state index >= 15 is 0 Å². The van der Waals surface area contributed by atoms with E-state index < -0.39 is 6.47 Å². The van der Waals surface area contributed by atoms with Crippen LogP contribution in [0.25, 0.3) is 0 Å². The average molecular weight is 282 g/mol. The highest BCUT2D eigenvalue weighted by Gasteiger charge is 2.18. The van der Waals surface area contributed by atoms with Gasteiger partial charge in [0.05, 0.1) is 6.54 Å². The van der Waals surface area contributed by atoms with E-state index in [4.69, 9.17) is 9.90 Å². The van der Waals surface area contributed by atoms with Gasteiger partial charge in [-0.15, -0.1) is 0 Å². The van der Waals surface area contributed by atoms with Gasteiger partial charge >= 0.3 is 0 Å². The van der Waals surface area contributed by atoms with Crippen LogP contribution in [-0.4, -0.2) is 11.0 Å². The van der Waals surface area contributed by atoms with Gasteiger partial charge in [0.2, 0.25) is 6.33 Å². The molecule has 0 aliphatic carbocycles. The molecule has 0 spiro atoms. The topological polar surface area (TPSA) is 48.9 Å². The molecule has 0 unspecified atom stereocenters. The van der Waals surface area contributed by atoms with Crippen molar-refractivity contribution in [2.75, 3.05) is 0 Å². The average Bonchev–Trinajstić information content (AvgIpc) is 2.83. The molecule has 0 aliphatic heterocycles. The van der Waals surface area contributed by atoms with E-state index in [1.807, 2.05) is 0 Å². The van der Waals surface area contributed by atoms with Gasteiger partial charge in [0.1, 0.15) is 17.9 Å². The first kappa shape index (κ1) is 18.7. The Labute approximate surface area is 123 Å². The number of unbranched alkanes of at least 4 members (excludes halogenated alkanes) is 5. The van der Waals surface area contributed by atoms with E-state index in [-0.39, 0.29) is 5.54 Å². The van der Waals surface area contributed by atoms with Gasteiger partial charge in [0.25, 0.3) is 0 Å². The smallest absolute Gasteiger partial charge is 0.244 e. The van der Waals surface area contributed by atoms with Crippen LogP contribution >= 0.6 is 0 Å². The van der Waals surface area contributed by atoms with Gasteiger partial charge in [-0.3, -0.25) is 0 Å². The molecule has 1 aromatic heterocycles. The quantitative estimate of drug-likeness (QED) is 0.437. The maximum atomic E-state index is 8.25. The molecule has 0 amide bonds. The molecule has 1 aromatic rings. The highest BCUT2D eigenvalue weighted by molar-refractivity contribution is 5.29. The summed E-state index contributed by atoms with van der Waals surface area (Å²) in [5, 5.41) is 8.25. The second kappa shape index (κ2) is 10.5. The van der Waals surface area contributed by atoms with Gasteiger partial charge in [-0.2, -0.15) is 0 Å². The van der Waals surface area contributed by atoms with Crippen molar-refractivity contribution in [3.8, 4) is 0 Å². The minimum Gasteiger partial charge on any atom is -0.554 e. The molecule has 0 fully saturated rings. The maximum Gasteiger partial charge on any atom is 0.244 e. The monoisotopic (exact) mass is 282 g/mol. The molecular weight excluding hydrogens is 252 g/mol. The molecule has 0 atom stereocenters. The number of rotatable bonds is 7. The standard InChI is InChI=1S/C15H29N2.CH2O2/c1-5-6-7-8-9-10-11-16-12-13-17(14-16)15(2,3)4;2-1-3/h12-14H,5-11H2,1-4H3;1H,(H,2,3)/q+1;/p-1. The van der Waals surface area contributed by atoms with Crippen LogP contribution in [0.5, 0.6) is 0 Å². The Bertz CT molecular complexity index is 354. The van der Waals surface area contributed by atoms with Gasteiger partial charge in [-0.05, 0) is 33.6 Å². The van der Waals surface area contributed by atoms with Gasteiger partial charge in [-0.1, -0.05) is 32.6 Å². The number of hydrogen-bond donors (Lipinski definition) is 0. The van der Waals surface area contributed by atoms with Crippen LogP contribution in [0.15, 0.2) is 18.7 Å². The summed E-state index contributed by atoms with van der Waals surface area (Å²) in [6.45, 7) is 9.65. The summed E-state index contributed by atoms with van der Waals surface area (Å²) in [5.74, 6) is 0. The predicted octanol–water partition coefficient (Wildman–Crippen LogP) is 2.26. The Kier molecular flexibility index (Phi) is 9.77. The van der Waals surface area contributed by atoms with Crippen LogP contribution in [0.4, 0.5) is 0 Å². The first-order chi connectivity index (χ1) is 9.45. The molecule has 20 heavy (non-hydrogen) atoms. The molecule has 0 radical (unpaired) electrons. The first-order valence-corrected chi connectivity index (χ1v) is 7.58. The second-order valence-electron chi connectivity index (χ2n) is 6.09. The van der Waals surface area contributed by atoms with Crippen LogP contribution in [0, 0.1) is 0 Å². The lowest BCUT2D eigenvalue weighted by Gasteiger charge is -2.13. The molecule has 0 aliphatic rings.